The summed E-state index contributed by atoms with van der Waals surface area (Å²) in [6.07, 6.45) is 46.1. The number of carbonyl (C=O) groups is 3. The minimum Gasteiger partial charge on any atom is -0.480 e. The van der Waals surface area contributed by atoms with Gasteiger partial charge in [0.2, 0.25) is 0 Å². The highest BCUT2D eigenvalue weighted by Crippen LogP contribution is 2.43. The Bertz CT molecular complexity index is 1170. The van der Waals surface area contributed by atoms with Crippen LogP contribution >= 0.6 is 7.82 Å². The maximum atomic E-state index is 12.6. The molecule has 0 saturated heterocycles. The third-order valence-corrected chi connectivity index (χ3v) is 10.5. The molecule has 4 N–H and O–H groups in total. The Morgan fingerprint density at radius 1 is 0.552 bits per heavy atom. The lowest BCUT2D eigenvalue weighted by atomic mass is 10.0. The van der Waals surface area contributed by atoms with Crippen molar-refractivity contribution in [2.75, 3.05) is 19.8 Å². The van der Waals surface area contributed by atoms with E-state index in [1.54, 1.807) is 0 Å². The number of phosphoric acid groups is 1. The zero-order valence-corrected chi connectivity index (χ0v) is 37.3. The number of hydrogen-bond acceptors (Lipinski definition) is 9. The van der Waals surface area contributed by atoms with Gasteiger partial charge in [-0.25, -0.2) is 4.57 Å². The molecule has 336 valence electrons. The van der Waals surface area contributed by atoms with Crippen molar-refractivity contribution in [3.63, 3.8) is 0 Å². The Morgan fingerprint density at radius 3 is 1.45 bits per heavy atom. The molecule has 0 aromatic carbocycles. The highest BCUT2D eigenvalue weighted by Gasteiger charge is 2.28. The van der Waals surface area contributed by atoms with Gasteiger partial charge in [0.1, 0.15) is 12.6 Å². The van der Waals surface area contributed by atoms with Gasteiger partial charge in [-0.05, 0) is 51.4 Å². The normalized spacial score (nSPS) is 14.1. The van der Waals surface area contributed by atoms with Crippen LogP contribution in [0.3, 0.4) is 0 Å². The van der Waals surface area contributed by atoms with Gasteiger partial charge in [0.05, 0.1) is 13.2 Å². The van der Waals surface area contributed by atoms with Crippen molar-refractivity contribution in [2.24, 2.45) is 5.73 Å². The number of allylic oxidation sites excluding steroid dienone is 8. The number of aliphatic carboxylic acids is 1. The maximum Gasteiger partial charge on any atom is 0.472 e. The van der Waals surface area contributed by atoms with Gasteiger partial charge in [-0.3, -0.25) is 23.4 Å². The van der Waals surface area contributed by atoms with Crippen LogP contribution in [0.1, 0.15) is 194 Å². The molecule has 3 unspecified atom stereocenters. The topological polar surface area (TPSA) is 172 Å². The van der Waals surface area contributed by atoms with Crippen molar-refractivity contribution >= 4 is 25.7 Å². The van der Waals surface area contributed by atoms with Crippen LogP contribution in [-0.4, -0.2) is 59.9 Å². The Balaban J connectivity index is 4.26. The molecule has 0 rings (SSSR count). The molecule has 0 heterocycles. The molecule has 0 radical (unpaired) electrons. The number of hydrogen-bond donors (Lipinski definition) is 3. The van der Waals surface area contributed by atoms with E-state index in [1.165, 1.54) is 83.5 Å². The van der Waals surface area contributed by atoms with Crippen LogP contribution in [-0.2, 0) is 37.5 Å². The molecule has 58 heavy (non-hydrogen) atoms. The second-order valence-electron chi connectivity index (χ2n) is 15.2. The largest absolute Gasteiger partial charge is 0.480 e. The molecular formula is C46H82NO10P. The zero-order valence-electron chi connectivity index (χ0n) is 36.4. The van der Waals surface area contributed by atoms with Gasteiger partial charge < -0.3 is 25.2 Å². The molecule has 12 heteroatoms. The van der Waals surface area contributed by atoms with Crippen LogP contribution in [0.2, 0.25) is 0 Å². The molecule has 0 aromatic heterocycles. The minimum atomic E-state index is -4.72. The Kier molecular flexibility index (Phi) is 39.4. The number of carboxylic acids is 1. The number of nitrogens with two attached hydrogens (primary N) is 1. The summed E-state index contributed by atoms with van der Waals surface area (Å²) in [5.41, 5.74) is 5.33. The standard InChI is InChI=1S/C46H82NO10P/c1-3-5-7-9-11-13-15-16-17-18-19-20-21-22-23-24-25-26-28-30-32-34-36-38-45(49)57-42(40-55-58(52,53)56-41-43(47)46(50)51)39-54-44(48)37-35-33-31-29-27-14-12-10-8-6-4-2/h5,7,11,13,16-17,19-20,42-43H,3-4,6,8-10,12,14-15,18,21-41,47H2,1-2H3,(H,50,51)(H,52,53)/b7-5-,13-11-,17-16-,20-19-. The second-order valence-corrected chi connectivity index (χ2v) is 16.6. The van der Waals surface area contributed by atoms with E-state index in [0.717, 1.165) is 70.6 Å². The van der Waals surface area contributed by atoms with Crippen molar-refractivity contribution in [3.8, 4) is 0 Å². The number of ether oxygens (including phenoxy) is 2. The molecule has 0 bridgehead atoms. The molecule has 3 atom stereocenters. The summed E-state index contributed by atoms with van der Waals surface area (Å²) in [5, 5.41) is 8.89. The summed E-state index contributed by atoms with van der Waals surface area (Å²) < 4.78 is 32.7. The minimum absolute atomic E-state index is 0.156. The molecule has 0 aliphatic heterocycles. The summed E-state index contributed by atoms with van der Waals surface area (Å²) in [6, 6.07) is -1.52. The highest BCUT2D eigenvalue weighted by molar-refractivity contribution is 7.47. The van der Waals surface area contributed by atoms with Gasteiger partial charge in [-0.15, -0.1) is 0 Å². The monoisotopic (exact) mass is 840 g/mol. The molecule has 0 aliphatic carbocycles. The SMILES string of the molecule is CC/C=C\C/C=C\C/C=C\C/C=C\CCCCCCCCCCCCC(=O)OC(COC(=O)CCCCCCCCCCCCC)COP(=O)(O)OCC(N)C(=O)O. The number of esters is 2. The smallest absolute Gasteiger partial charge is 0.472 e. The first-order valence-corrected chi connectivity index (χ1v) is 24.2. The van der Waals surface area contributed by atoms with Gasteiger partial charge >= 0.3 is 25.7 Å². The summed E-state index contributed by atoms with van der Waals surface area (Å²) >= 11 is 0. The molecule has 0 saturated carbocycles. The van der Waals surface area contributed by atoms with E-state index in [9.17, 15) is 23.8 Å². The summed E-state index contributed by atoms with van der Waals surface area (Å²) in [7, 11) is -4.72. The predicted molar refractivity (Wildman–Crippen MR) is 235 cm³/mol. The fourth-order valence-corrected chi connectivity index (χ4v) is 6.83. The Labute approximate surface area is 352 Å². The second kappa shape index (κ2) is 41.2. The average molecular weight is 840 g/mol. The zero-order chi connectivity index (χ0) is 42.8. The predicted octanol–water partition coefficient (Wildman–Crippen LogP) is 12.2. The summed E-state index contributed by atoms with van der Waals surface area (Å²) in [4.78, 5) is 45.9. The van der Waals surface area contributed by atoms with Crippen molar-refractivity contribution in [3.05, 3.63) is 48.6 Å². The molecule has 0 fully saturated rings. The number of unbranched alkanes of at least 4 members (excludes halogenated alkanes) is 20. The fourth-order valence-electron chi connectivity index (χ4n) is 6.06. The first kappa shape index (κ1) is 55.4. The van der Waals surface area contributed by atoms with Crippen LogP contribution in [0.4, 0.5) is 0 Å². The van der Waals surface area contributed by atoms with Crippen LogP contribution in [0.15, 0.2) is 48.6 Å². The Hall–Kier alpha value is -2.56. The molecular weight excluding hydrogens is 757 g/mol. The van der Waals surface area contributed by atoms with Crippen LogP contribution in [0.5, 0.6) is 0 Å². The number of phosphoric ester groups is 1. The first-order chi connectivity index (χ1) is 28.1. The van der Waals surface area contributed by atoms with E-state index in [2.05, 4.69) is 67.0 Å². The number of carboxylic acid groups (broad SMARTS) is 1. The first-order valence-electron chi connectivity index (χ1n) is 22.7. The third-order valence-electron chi connectivity index (χ3n) is 9.59. The van der Waals surface area contributed by atoms with E-state index in [1.807, 2.05) is 0 Å². The van der Waals surface area contributed by atoms with Crippen LogP contribution in [0, 0.1) is 0 Å². The quantitative estimate of drug-likeness (QED) is 0.0231. The van der Waals surface area contributed by atoms with Crippen molar-refractivity contribution < 1.29 is 47.5 Å². The van der Waals surface area contributed by atoms with E-state index >= 15 is 0 Å². The lowest BCUT2D eigenvalue weighted by Gasteiger charge is -2.20. The third kappa shape index (κ3) is 40.2. The van der Waals surface area contributed by atoms with Crippen molar-refractivity contribution in [1.29, 1.82) is 0 Å². The highest BCUT2D eigenvalue weighted by atomic mass is 31.2. The van der Waals surface area contributed by atoms with Gasteiger partial charge in [-0.1, -0.05) is 178 Å². The lowest BCUT2D eigenvalue weighted by Crippen LogP contribution is -2.34. The van der Waals surface area contributed by atoms with Gasteiger partial charge in [0.15, 0.2) is 6.10 Å². The van der Waals surface area contributed by atoms with Crippen molar-refractivity contribution in [2.45, 2.75) is 206 Å². The van der Waals surface area contributed by atoms with Gasteiger partial charge in [-0.2, -0.15) is 0 Å². The van der Waals surface area contributed by atoms with Crippen LogP contribution in [0.25, 0.3) is 0 Å². The molecule has 0 aromatic rings. The lowest BCUT2D eigenvalue weighted by molar-refractivity contribution is -0.161. The molecule has 0 spiro atoms. The number of rotatable bonds is 42. The van der Waals surface area contributed by atoms with Crippen LogP contribution < -0.4 is 5.73 Å². The van der Waals surface area contributed by atoms with E-state index in [-0.39, 0.29) is 19.4 Å². The van der Waals surface area contributed by atoms with E-state index < -0.39 is 51.1 Å². The molecule has 0 aliphatic rings. The summed E-state index contributed by atoms with van der Waals surface area (Å²) in [6.45, 7) is 2.68. The van der Waals surface area contributed by atoms with E-state index in [4.69, 9.17) is 24.8 Å². The molecule has 11 nitrogen and oxygen atoms in total. The van der Waals surface area contributed by atoms with Gasteiger partial charge in [0, 0.05) is 12.8 Å². The maximum absolute atomic E-state index is 12.6. The van der Waals surface area contributed by atoms with E-state index in [0.29, 0.717) is 12.8 Å². The molecule has 0 amide bonds. The van der Waals surface area contributed by atoms with Crippen molar-refractivity contribution in [1.82, 2.24) is 0 Å². The van der Waals surface area contributed by atoms with Gasteiger partial charge in [0.25, 0.3) is 0 Å². The number of carbonyl (C=O) groups excluding carboxylic acids is 2. The Morgan fingerprint density at radius 2 is 0.966 bits per heavy atom. The average Bonchev–Trinajstić information content (AvgIpc) is 3.20. The summed E-state index contributed by atoms with van der Waals surface area (Å²) in [5.74, 6) is -2.38. The fraction of sp³-hybridized carbons (Fsp3) is 0.761.